The molecule has 20 heavy (non-hydrogen) atoms. The van der Waals surface area contributed by atoms with E-state index < -0.39 is 10.2 Å². The van der Waals surface area contributed by atoms with Gasteiger partial charge in [0.2, 0.25) is 0 Å². The first-order chi connectivity index (χ1) is 9.31. The van der Waals surface area contributed by atoms with Crippen molar-refractivity contribution in [2.24, 2.45) is 5.92 Å². The van der Waals surface area contributed by atoms with Gasteiger partial charge in [0, 0.05) is 13.1 Å². The van der Waals surface area contributed by atoms with Gasteiger partial charge < -0.3 is 5.73 Å². The number of aryl methyl sites for hydroxylation is 1. The lowest BCUT2D eigenvalue weighted by molar-refractivity contribution is 0.282. The van der Waals surface area contributed by atoms with E-state index in [1.807, 2.05) is 19.9 Å². The molecule has 5 nitrogen and oxygen atoms in total. The number of nitrogen functional groups attached to an aromatic ring is 1. The van der Waals surface area contributed by atoms with Crippen LogP contribution in [-0.2, 0) is 10.2 Å². The Hall–Kier alpha value is -1.27. The molecule has 2 rings (SSSR count). The Labute approximate surface area is 121 Å². The average molecular weight is 297 g/mol. The van der Waals surface area contributed by atoms with Crippen LogP contribution in [0, 0.1) is 19.8 Å². The van der Waals surface area contributed by atoms with Gasteiger partial charge in [0.25, 0.3) is 0 Å². The summed E-state index contributed by atoms with van der Waals surface area (Å²) in [7, 11) is -3.53. The van der Waals surface area contributed by atoms with E-state index in [1.54, 1.807) is 6.07 Å². The average Bonchev–Trinajstić information content (AvgIpc) is 2.39. The molecule has 1 aliphatic heterocycles. The first-order valence-corrected chi connectivity index (χ1v) is 8.39. The topological polar surface area (TPSA) is 75.4 Å². The molecule has 1 fully saturated rings. The summed E-state index contributed by atoms with van der Waals surface area (Å²) < 4.78 is 29.1. The zero-order valence-corrected chi connectivity index (χ0v) is 13.1. The molecule has 0 aromatic heterocycles. The summed E-state index contributed by atoms with van der Waals surface area (Å²) in [5.41, 5.74) is 8.76. The lowest BCUT2D eigenvalue weighted by Crippen LogP contribution is -2.42. The van der Waals surface area contributed by atoms with Crippen molar-refractivity contribution < 1.29 is 8.42 Å². The Bertz CT molecular complexity index is 599. The molecular formula is C14H23N3O2S. The van der Waals surface area contributed by atoms with Crippen molar-refractivity contribution in [3.63, 3.8) is 0 Å². The zero-order valence-electron chi connectivity index (χ0n) is 12.3. The number of hydrogen-bond donors (Lipinski definition) is 2. The number of hydrogen-bond acceptors (Lipinski definition) is 3. The molecule has 0 bridgehead atoms. The molecule has 1 atom stereocenters. The highest BCUT2D eigenvalue weighted by molar-refractivity contribution is 7.90. The summed E-state index contributed by atoms with van der Waals surface area (Å²) in [5, 5.41) is 0. The van der Waals surface area contributed by atoms with Crippen LogP contribution >= 0.6 is 0 Å². The number of piperidine rings is 1. The van der Waals surface area contributed by atoms with Crippen molar-refractivity contribution in [2.45, 2.75) is 33.6 Å². The molecule has 0 spiro atoms. The molecule has 0 amide bonds. The maximum atomic E-state index is 12.5. The van der Waals surface area contributed by atoms with E-state index in [-0.39, 0.29) is 0 Å². The van der Waals surface area contributed by atoms with Crippen LogP contribution in [0.5, 0.6) is 0 Å². The lowest BCUT2D eigenvalue weighted by Gasteiger charge is -2.30. The minimum Gasteiger partial charge on any atom is -0.397 e. The van der Waals surface area contributed by atoms with Gasteiger partial charge in [-0.25, -0.2) is 0 Å². The normalized spacial score (nSPS) is 20.9. The minimum atomic E-state index is -3.53. The van der Waals surface area contributed by atoms with Gasteiger partial charge in [-0.2, -0.15) is 12.7 Å². The smallest absolute Gasteiger partial charge is 0.301 e. The molecule has 1 saturated heterocycles. The third-order valence-electron chi connectivity index (χ3n) is 3.96. The molecule has 1 heterocycles. The molecule has 3 N–H and O–H groups in total. The molecular weight excluding hydrogens is 274 g/mol. The molecule has 1 aromatic carbocycles. The van der Waals surface area contributed by atoms with Gasteiger partial charge in [0.05, 0.1) is 11.4 Å². The molecule has 1 aromatic rings. The molecule has 1 unspecified atom stereocenters. The van der Waals surface area contributed by atoms with Gasteiger partial charge in [-0.1, -0.05) is 13.0 Å². The summed E-state index contributed by atoms with van der Waals surface area (Å²) in [5.74, 6) is 0.399. The second kappa shape index (κ2) is 5.61. The monoisotopic (exact) mass is 297 g/mol. The van der Waals surface area contributed by atoms with E-state index in [0.29, 0.717) is 30.4 Å². The van der Waals surface area contributed by atoms with Crippen LogP contribution in [0.4, 0.5) is 11.4 Å². The van der Waals surface area contributed by atoms with Crippen molar-refractivity contribution >= 4 is 21.6 Å². The Kier molecular flexibility index (Phi) is 4.25. The van der Waals surface area contributed by atoms with Crippen LogP contribution in [-0.4, -0.2) is 25.8 Å². The van der Waals surface area contributed by atoms with Crippen LogP contribution in [0.1, 0.15) is 30.9 Å². The Morgan fingerprint density at radius 2 is 2.05 bits per heavy atom. The second-order valence-corrected chi connectivity index (χ2v) is 7.35. The molecule has 6 heteroatoms. The fourth-order valence-electron chi connectivity index (χ4n) is 2.53. The standard InChI is InChI=1S/C14H23N3O2S/c1-10-5-4-8-17(9-10)20(18,19)16-14-12(3)11(2)6-7-13(14)15/h6-7,10,16H,4-5,8-9,15H2,1-3H3. The fraction of sp³-hybridized carbons (Fsp3) is 0.571. The van der Waals surface area contributed by atoms with Gasteiger partial charge in [0.15, 0.2) is 0 Å². The molecule has 1 aliphatic rings. The van der Waals surface area contributed by atoms with E-state index in [2.05, 4.69) is 11.6 Å². The van der Waals surface area contributed by atoms with Crippen molar-refractivity contribution in [3.8, 4) is 0 Å². The van der Waals surface area contributed by atoms with Crippen LogP contribution in [0.3, 0.4) is 0 Å². The maximum Gasteiger partial charge on any atom is 0.301 e. The Morgan fingerprint density at radius 3 is 2.70 bits per heavy atom. The van der Waals surface area contributed by atoms with E-state index in [9.17, 15) is 8.42 Å². The molecule has 0 aliphatic carbocycles. The fourth-order valence-corrected chi connectivity index (χ4v) is 4.01. The first-order valence-electron chi connectivity index (χ1n) is 6.95. The molecule has 112 valence electrons. The minimum absolute atomic E-state index is 0.399. The van der Waals surface area contributed by atoms with Crippen LogP contribution in [0.15, 0.2) is 12.1 Å². The Balaban J connectivity index is 2.27. The predicted octanol–water partition coefficient (Wildman–Crippen LogP) is 2.27. The number of nitrogens with zero attached hydrogens (tertiary/aromatic N) is 1. The summed E-state index contributed by atoms with van der Waals surface area (Å²) in [4.78, 5) is 0. The maximum absolute atomic E-state index is 12.5. The van der Waals surface area contributed by atoms with Gasteiger partial charge in [-0.15, -0.1) is 0 Å². The highest BCUT2D eigenvalue weighted by atomic mass is 32.2. The van der Waals surface area contributed by atoms with Crippen molar-refractivity contribution in [1.29, 1.82) is 0 Å². The predicted molar refractivity (Wildman–Crippen MR) is 82.8 cm³/mol. The number of nitrogens with two attached hydrogens (primary N) is 1. The summed E-state index contributed by atoms with van der Waals surface area (Å²) >= 11 is 0. The Morgan fingerprint density at radius 1 is 1.35 bits per heavy atom. The highest BCUT2D eigenvalue weighted by Crippen LogP contribution is 2.28. The molecule has 0 saturated carbocycles. The largest absolute Gasteiger partial charge is 0.397 e. The van der Waals surface area contributed by atoms with Crippen LogP contribution in [0.25, 0.3) is 0 Å². The van der Waals surface area contributed by atoms with Gasteiger partial charge in [0.1, 0.15) is 0 Å². The summed E-state index contributed by atoms with van der Waals surface area (Å²) in [6.07, 6.45) is 1.99. The second-order valence-electron chi connectivity index (χ2n) is 5.68. The van der Waals surface area contributed by atoms with Gasteiger partial charge >= 0.3 is 10.2 Å². The number of anilines is 2. The zero-order chi connectivity index (χ0) is 14.9. The first kappa shape index (κ1) is 15.1. The van der Waals surface area contributed by atoms with Gasteiger partial charge in [-0.3, -0.25) is 4.72 Å². The number of benzene rings is 1. The van der Waals surface area contributed by atoms with E-state index >= 15 is 0 Å². The number of rotatable bonds is 3. The van der Waals surface area contributed by atoms with Crippen LogP contribution in [0.2, 0.25) is 0 Å². The third-order valence-corrected chi connectivity index (χ3v) is 5.43. The lowest BCUT2D eigenvalue weighted by atomic mass is 10.0. The highest BCUT2D eigenvalue weighted by Gasteiger charge is 2.27. The van der Waals surface area contributed by atoms with E-state index in [1.165, 1.54) is 4.31 Å². The number of nitrogens with one attached hydrogen (secondary N) is 1. The summed E-state index contributed by atoms with van der Waals surface area (Å²) in [6.45, 7) is 7.04. The van der Waals surface area contributed by atoms with Crippen molar-refractivity contribution in [3.05, 3.63) is 23.3 Å². The van der Waals surface area contributed by atoms with Gasteiger partial charge in [-0.05, 0) is 49.8 Å². The van der Waals surface area contributed by atoms with Crippen molar-refractivity contribution in [2.75, 3.05) is 23.5 Å². The SMILES string of the molecule is Cc1ccc(N)c(NS(=O)(=O)N2CCCC(C)C2)c1C. The third kappa shape index (κ3) is 3.07. The quantitative estimate of drug-likeness (QED) is 0.840. The van der Waals surface area contributed by atoms with Crippen molar-refractivity contribution in [1.82, 2.24) is 4.31 Å². The summed E-state index contributed by atoms with van der Waals surface area (Å²) in [6, 6.07) is 3.63. The molecule has 0 radical (unpaired) electrons. The van der Waals surface area contributed by atoms with Crippen LogP contribution < -0.4 is 10.5 Å². The van der Waals surface area contributed by atoms with E-state index in [0.717, 1.165) is 24.0 Å². The van der Waals surface area contributed by atoms with E-state index in [4.69, 9.17) is 5.73 Å².